The molecule has 1 aliphatic rings. The molecular formula is C29H45FN4O6. The average Bonchev–Trinajstić information content (AvgIpc) is 2.87. The Bertz CT molecular complexity index is 1050. The number of nitrogens with two attached hydrogens (primary N) is 1. The van der Waals surface area contributed by atoms with Crippen molar-refractivity contribution < 1.29 is 33.0 Å². The van der Waals surface area contributed by atoms with Gasteiger partial charge in [-0.1, -0.05) is 26.8 Å². The molecule has 1 aromatic carbocycles. The maximum absolute atomic E-state index is 14.9. The van der Waals surface area contributed by atoms with Crippen LogP contribution in [0.25, 0.3) is 0 Å². The third-order valence-corrected chi connectivity index (χ3v) is 6.90. The number of esters is 1. The summed E-state index contributed by atoms with van der Waals surface area (Å²) in [5.41, 5.74) is 5.30. The van der Waals surface area contributed by atoms with Crippen molar-refractivity contribution in [3.8, 4) is 5.75 Å². The van der Waals surface area contributed by atoms with E-state index in [2.05, 4.69) is 17.2 Å². The second-order valence-electron chi connectivity index (χ2n) is 11.6. The van der Waals surface area contributed by atoms with Gasteiger partial charge in [-0.3, -0.25) is 0 Å². The summed E-state index contributed by atoms with van der Waals surface area (Å²) in [6.45, 7) is 12.8. The van der Waals surface area contributed by atoms with E-state index in [1.54, 1.807) is 31.7 Å². The monoisotopic (exact) mass is 564 g/mol. The van der Waals surface area contributed by atoms with E-state index in [9.17, 15) is 18.8 Å². The van der Waals surface area contributed by atoms with E-state index >= 15 is 0 Å². The highest BCUT2D eigenvalue weighted by Crippen LogP contribution is 2.28. The van der Waals surface area contributed by atoms with Gasteiger partial charge < -0.3 is 30.2 Å². The number of amidine groups is 1. The molecule has 1 fully saturated rings. The fraction of sp³-hybridized carbons (Fsp3) is 0.655. The molecule has 0 aliphatic carbocycles. The smallest absolute Gasteiger partial charge is 0.408 e. The molecule has 10 nitrogen and oxygen atoms in total. The zero-order valence-corrected chi connectivity index (χ0v) is 24.8. The van der Waals surface area contributed by atoms with Crippen LogP contribution in [0.1, 0.15) is 66.4 Å². The van der Waals surface area contributed by atoms with Crippen LogP contribution in [0.3, 0.4) is 0 Å². The first-order valence-corrected chi connectivity index (χ1v) is 13.8. The van der Waals surface area contributed by atoms with Crippen LogP contribution in [-0.4, -0.2) is 67.3 Å². The SMILES string of the molecule is COC(=O)C(Cc1ccc(OCC[C@@H](C)C2CCN(C(=O)N=C(N)C(C)C)CC2)cc1F)NC(=O)OC(C)(C)C. The van der Waals surface area contributed by atoms with E-state index in [1.807, 2.05) is 13.8 Å². The predicted molar refractivity (Wildman–Crippen MR) is 151 cm³/mol. The minimum atomic E-state index is -1.11. The van der Waals surface area contributed by atoms with Crippen LogP contribution in [0.15, 0.2) is 23.2 Å². The highest BCUT2D eigenvalue weighted by Gasteiger charge is 2.28. The van der Waals surface area contributed by atoms with Gasteiger partial charge in [0.15, 0.2) is 0 Å². The molecule has 1 aromatic rings. The molecule has 3 amide bonds. The number of rotatable bonds is 10. The Balaban J connectivity index is 1.85. The molecule has 2 rings (SSSR count). The summed E-state index contributed by atoms with van der Waals surface area (Å²) >= 11 is 0. The zero-order valence-electron chi connectivity index (χ0n) is 24.8. The lowest BCUT2D eigenvalue weighted by atomic mass is 9.84. The van der Waals surface area contributed by atoms with Crippen LogP contribution in [0, 0.1) is 23.6 Å². The topological polar surface area (TPSA) is 133 Å². The molecule has 3 N–H and O–H groups in total. The number of hydrogen-bond donors (Lipinski definition) is 2. The number of urea groups is 1. The molecule has 1 aliphatic heterocycles. The van der Waals surface area contributed by atoms with Crippen molar-refractivity contribution in [2.75, 3.05) is 26.8 Å². The summed E-state index contributed by atoms with van der Waals surface area (Å²) in [5, 5.41) is 2.45. The molecule has 40 heavy (non-hydrogen) atoms. The van der Waals surface area contributed by atoms with Gasteiger partial charge in [-0.05, 0) is 63.5 Å². The van der Waals surface area contributed by atoms with Crippen LogP contribution in [0.2, 0.25) is 0 Å². The fourth-order valence-corrected chi connectivity index (χ4v) is 4.36. The second-order valence-corrected chi connectivity index (χ2v) is 11.6. The minimum Gasteiger partial charge on any atom is -0.493 e. The van der Waals surface area contributed by atoms with Crippen LogP contribution in [-0.2, 0) is 20.7 Å². The minimum absolute atomic E-state index is 0.0316. The zero-order chi connectivity index (χ0) is 30.0. The molecule has 1 heterocycles. The van der Waals surface area contributed by atoms with Crippen molar-refractivity contribution in [3.63, 3.8) is 0 Å². The van der Waals surface area contributed by atoms with Crippen molar-refractivity contribution in [1.29, 1.82) is 0 Å². The molecule has 224 valence electrons. The fourth-order valence-electron chi connectivity index (χ4n) is 4.36. The van der Waals surface area contributed by atoms with Crippen LogP contribution in [0.4, 0.5) is 14.0 Å². The van der Waals surface area contributed by atoms with Gasteiger partial charge in [-0.25, -0.2) is 18.8 Å². The van der Waals surface area contributed by atoms with Crippen LogP contribution >= 0.6 is 0 Å². The Morgan fingerprint density at radius 1 is 1.18 bits per heavy atom. The lowest BCUT2D eigenvalue weighted by Crippen LogP contribution is -2.45. The number of ether oxygens (including phenoxy) is 3. The number of aliphatic imine (C=N–C) groups is 1. The summed E-state index contributed by atoms with van der Waals surface area (Å²) < 4.78 is 30.6. The van der Waals surface area contributed by atoms with E-state index < -0.39 is 29.5 Å². The van der Waals surface area contributed by atoms with E-state index in [-0.39, 0.29) is 23.9 Å². The van der Waals surface area contributed by atoms with Gasteiger partial charge >= 0.3 is 18.1 Å². The second kappa shape index (κ2) is 14.9. The Labute approximate surface area is 236 Å². The van der Waals surface area contributed by atoms with E-state index in [0.29, 0.717) is 43.1 Å². The molecule has 1 unspecified atom stereocenters. The number of hydrogen-bond acceptors (Lipinski definition) is 6. The van der Waals surface area contributed by atoms with Crippen molar-refractivity contribution >= 4 is 23.9 Å². The first-order valence-electron chi connectivity index (χ1n) is 13.8. The highest BCUT2D eigenvalue weighted by molar-refractivity contribution is 5.93. The number of carbonyl (C=O) groups excluding carboxylic acids is 3. The average molecular weight is 565 g/mol. The molecule has 0 saturated carbocycles. The van der Waals surface area contributed by atoms with Crippen molar-refractivity contribution in [2.24, 2.45) is 28.5 Å². The number of benzene rings is 1. The number of nitrogens with zero attached hydrogens (tertiary/aromatic N) is 2. The summed E-state index contributed by atoms with van der Waals surface area (Å²) in [7, 11) is 1.20. The third-order valence-electron chi connectivity index (χ3n) is 6.90. The summed E-state index contributed by atoms with van der Waals surface area (Å²) in [5.74, 6) is 0.317. The number of nitrogens with one attached hydrogen (secondary N) is 1. The lowest BCUT2D eigenvalue weighted by Gasteiger charge is -2.34. The molecule has 2 atom stereocenters. The summed E-state index contributed by atoms with van der Waals surface area (Å²) in [6.07, 6.45) is 1.65. The standard InChI is InChI=1S/C29H45FN4O6/c1-18(2)25(31)33-27(36)34-13-10-20(11-14-34)19(3)12-15-39-22-9-8-21(23(30)17-22)16-24(26(35)38-7)32-28(37)40-29(4,5)6/h8-9,17-20,24H,10-16H2,1-7H3,(H,32,37)(H2,31,33,36)/t19-,24?/m1/s1. The predicted octanol–water partition coefficient (Wildman–Crippen LogP) is 4.68. The molecule has 0 bridgehead atoms. The normalized spacial score (nSPS) is 16.3. The third kappa shape index (κ3) is 10.7. The maximum atomic E-state index is 14.9. The van der Waals surface area contributed by atoms with Crippen LogP contribution < -0.4 is 15.8 Å². The number of halogens is 1. The van der Waals surface area contributed by atoms with E-state index in [1.165, 1.54) is 19.2 Å². The van der Waals surface area contributed by atoms with Gasteiger partial charge in [0.25, 0.3) is 0 Å². The first kappa shape index (κ1) is 32.8. The molecule has 0 radical (unpaired) electrons. The number of methoxy groups -OCH3 is 1. The number of alkyl carbamates (subject to hydrolysis) is 1. The van der Waals surface area contributed by atoms with Crippen LogP contribution in [0.5, 0.6) is 5.75 Å². The number of carbonyl (C=O) groups is 3. The quantitative estimate of drug-likeness (QED) is 0.239. The molecule has 11 heteroatoms. The van der Waals surface area contributed by atoms with Gasteiger partial charge in [0.1, 0.15) is 29.0 Å². The van der Waals surface area contributed by atoms with Crippen molar-refractivity contribution in [2.45, 2.75) is 78.9 Å². The van der Waals surface area contributed by atoms with Gasteiger partial charge in [0, 0.05) is 31.5 Å². The Morgan fingerprint density at radius 2 is 1.82 bits per heavy atom. The Morgan fingerprint density at radius 3 is 2.38 bits per heavy atom. The van der Waals surface area contributed by atoms with Gasteiger partial charge in [-0.2, -0.15) is 4.99 Å². The number of likely N-dealkylation sites (tertiary alicyclic amines) is 1. The highest BCUT2D eigenvalue weighted by atomic mass is 19.1. The Kier molecular flexibility index (Phi) is 12.2. The molecular weight excluding hydrogens is 519 g/mol. The summed E-state index contributed by atoms with van der Waals surface area (Å²) in [6, 6.07) is 3.06. The van der Waals surface area contributed by atoms with Crippen molar-refractivity contribution in [3.05, 3.63) is 29.6 Å². The first-order chi connectivity index (χ1) is 18.7. The largest absolute Gasteiger partial charge is 0.493 e. The maximum Gasteiger partial charge on any atom is 0.408 e. The summed E-state index contributed by atoms with van der Waals surface area (Å²) in [4.78, 5) is 42.4. The van der Waals surface area contributed by atoms with E-state index in [0.717, 1.165) is 19.3 Å². The number of piperidine rings is 1. The van der Waals surface area contributed by atoms with Gasteiger partial charge in [0.05, 0.1) is 13.7 Å². The molecule has 1 saturated heterocycles. The van der Waals surface area contributed by atoms with E-state index in [4.69, 9.17) is 19.9 Å². The van der Waals surface area contributed by atoms with Gasteiger partial charge in [0.2, 0.25) is 0 Å². The number of amides is 3. The van der Waals surface area contributed by atoms with Crippen molar-refractivity contribution in [1.82, 2.24) is 10.2 Å². The molecule has 0 aromatic heterocycles. The van der Waals surface area contributed by atoms with Gasteiger partial charge in [-0.15, -0.1) is 0 Å². The lowest BCUT2D eigenvalue weighted by molar-refractivity contribution is -0.143. The Hall–Kier alpha value is -3.37. The molecule has 0 spiro atoms.